The minimum Gasteiger partial charge on any atom is -0.493 e. The maximum Gasteiger partial charge on any atom is 0.250 e. The van der Waals surface area contributed by atoms with Crippen molar-refractivity contribution < 1.29 is 14.3 Å². The molecule has 6 heteroatoms. The van der Waals surface area contributed by atoms with Crippen molar-refractivity contribution in [3.05, 3.63) is 22.7 Å². The molecule has 0 fully saturated rings. The number of benzene rings is 1. The standard InChI is InChI=1S/C14H17ClN2O3/c1-4-5-10-14(18)17-13(16-10)8-6-9(15)12(20-3)11(7-8)19-2/h6-7,10H,4-5H2,1-3H3,(H,16,17,18). The second-order valence-electron chi connectivity index (χ2n) is 4.47. The van der Waals surface area contributed by atoms with E-state index >= 15 is 0 Å². The first-order valence-electron chi connectivity index (χ1n) is 6.41. The fourth-order valence-electron chi connectivity index (χ4n) is 2.12. The normalized spacial score (nSPS) is 17.7. The third kappa shape index (κ3) is 2.72. The molecule has 1 aliphatic heterocycles. The van der Waals surface area contributed by atoms with Gasteiger partial charge in [-0.1, -0.05) is 24.9 Å². The predicted molar refractivity (Wildman–Crippen MR) is 77.9 cm³/mol. The van der Waals surface area contributed by atoms with Crippen molar-refractivity contribution in [1.29, 1.82) is 0 Å². The maximum atomic E-state index is 11.8. The summed E-state index contributed by atoms with van der Waals surface area (Å²) in [6, 6.07) is 3.14. The molecule has 0 saturated carbocycles. The van der Waals surface area contributed by atoms with Gasteiger partial charge < -0.3 is 14.8 Å². The van der Waals surface area contributed by atoms with E-state index in [2.05, 4.69) is 10.3 Å². The lowest BCUT2D eigenvalue weighted by atomic mass is 10.2. The molecule has 0 aliphatic carbocycles. The van der Waals surface area contributed by atoms with Gasteiger partial charge in [0, 0.05) is 5.56 Å². The highest BCUT2D eigenvalue weighted by Crippen LogP contribution is 2.36. The Bertz CT molecular complexity index is 558. The van der Waals surface area contributed by atoms with Crippen molar-refractivity contribution in [2.75, 3.05) is 14.2 Å². The zero-order chi connectivity index (χ0) is 14.7. The number of amides is 1. The predicted octanol–water partition coefficient (Wildman–Crippen LogP) is 2.40. The van der Waals surface area contributed by atoms with Crippen molar-refractivity contribution in [1.82, 2.24) is 5.32 Å². The molecule has 5 nitrogen and oxygen atoms in total. The van der Waals surface area contributed by atoms with Crippen LogP contribution in [0.2, 0.25) is 5.02 Å². The molecule has 20 heavy (non-hydrogen) atoms. The number of carbonyl (C=O) groups is 1. The van der Waals surface area contributed by atoms with Gasteiger partial charge in [0.1, 0.15) is 11.9 Å². The number of carbonyl (C=O) groups excluding carboxylic acids is 1. The summed E-state index contributed by atoms with van der Waals surface area (Å²) in [5.41, 5.74) is 0.708. The molecule has 0 bridgehead atoms. The summed E-state index contributed by atoms with van der Waals surface area (Å²) in [6.07, 6.45) is 1.64. The van der Waals surface area contributed by atoms with Crippen molar-refractivity contribution in [3.8, 4) is 11.5 Å². The van der Waals surface area contributed by atoms with Crippen LogP contribution in [-0.4, -0.2) is 32.0 Å². The number of nitrogens with one attached hydrogen (secondary N) is 1. The molecule has 108 valence electrons. The summed E-state index contributed by atoms with van der Waals surface area (Å²) < 4.78 is 10.4. The Hall–Kier alpha value is -1.75. The number of halogens is 1. The second-order valence-corrected chi connectivity index (χ2v) is 4.87. The van der Waals surface area contributed by atoms with Gasteiger partial charge in [0.15, 0.2) is 11.5 Å². The SMILES string of the molecule is CCCC1N=C(c2cc(Cl)c(OC)c(OC)c2)NC1=O. The highest BCUT2D eigenvalue weighted by molar-refractivity contribution is 6.33. The Labute approximate surface area is 122 Å². The van der Waals surface area contributed by atoms with Gasteiger partial charge >= 0.3 is 0 Å². The van der Waals surface area contributed by atoms with E-state index in [9.17, 15) is 4.79 Å². The fraction of sp³-hybridized carbons (Fsp3) is 0.429. The van der Waals surface area contributed by atoms with Crippen LogP contribution in [0.4, 0.5) is 0 Å². The van der Waals surface area contributed by atoms with Crippen molar-refractivity contribution in [2.45, 2.75) is 25.8 Å². The molecule has 1 aromatic rings. The van der Waals surface area contributed by atoms with Crippen LogP contribution in [-0.2, 0) is 4.79 Å². The Morgan fingerprint density at radius 1 is 1.35 bits per heavy atom. The largest absolute Gasteiger partial charge is 0.493 e. The van der Waals surface area contributed by atoms with E-state index in [0.717, 1.165) is 12.8 Å². The molecule has 0 saturated heterocycles. The van der Waals surface area contributed by atoms with Gasteiger partial charge in [-0.3, -0.25) is 9.79 Å². The molecule has 0 aromatic heterocycles. The highest BCUT2D eigenvalue weighted by Gasteiger charge is 2.27. The van der Waals surface area contributed by atoms with E-state index in [1.165, 1.54) is 14.2 Å². The lowest BCUT2D eigenvalue weighted by molar-refractivity contribution is -0.120. The molecular formula is C14H17ClN2O3. The van der Waals surface area contributed by atoms with Gasteiger partial charge in [-0.05, 0) is 18.6 Å². The molecule has 0 spiro atoms. The molecular weight excluding hydrogens is 280 g/mol. The summed E-state index contributed by atoms with van der Waals surface area (Å²) in [5.74, 6) is 1.42. The molecule has 1 N–H and O–H groups in total. The minimum atomic E-state index is -0.318. The molecule has 1 aliphatic rings. The second kappa shape index (κ2) is 6.13. The summed E-state index contributed by atoms with van der Waals surface area (Å²) in [5, 5.41) is 3.19. The van der Waals surface area contributed by atoms with Crippen molar-refractivity contribution in [2.24, 2.45) is 4.99 Å². The smallest absolute Gasteiger partial charge is 0.250 e. The third-order valence-electron chi connectivity index (χ3n) is 3.10. The number of amidine groups is 1. The van der Waals surface area contributed by atoms with Crippen LogP contribution in [0.3, 0.4) is 0 Å². The van der Waals surface area contributed by atoms with Crippen LogP contribution in [0.25, 0.3) is 0 Å². The number of ether oxygens (including phenoxy) is 2. The van der Waals surface area contributed by atoms with Crippen LogP contribution in [0.1, 0.15) is 25.3 Å². The Balaban J connectivity index is 2.37. The molecule has 1 heterocycles. The van der Waals surface area contributed by atoms with E-state index in [4.69, 9.17) is 21.1 Å². The third-order valence-corrected chi connectivity index (χ3v) is 3.38. The number of hydrogen-bond donors (Lipinski definition) is 1. The summed E-state index contributed by atoms with van der Waals surface area (Å²) in [6.45, 7) is 2.02. The Morgan fingerprint density at radius 3 is 2.70 bits per heavy atom. The number of methoxy groups -OCH3 is 2. The molecule has 1 atom stereocenters. The number of nitrogens with zero attached hydrogens (tertiary/aromatic N) is 1. The summed E-state index contributed by atoms with van der Waals surface area (Å²) in [7, 11) is 3.06. The van der Waals surface area contributed by atoms with Gasteiger partial charge in [-0.15, -0.1) is 0 Å². The number of rotatable bonds is 5. The van der Waals surface area contributed by atoms with Gasteiger partial charge in [0.2, 0.25) is 5.91 Å². The molecule has 1 amide bonds. The van der Waals surface area contributed by atoms with Crippen molar-refractivity contribution in [3.63, 3.8) is 0 Å². The van der Waals surface area contributed by atoms with Crippen LogP contribution < -0.4 is 14.8 Å². The van der Waals surface area contributed by atoms with Crippen LogP contribution in [0, 0.1) is 0 Å². The average molecular weight is 297 g/mol. The van der Waals surface area contributed by atoms with E-state index in [1.54, 1.807) is 12.1 Å². The van der Waals surface area contributed by atoms with Crippen LogP contribution in [0.15, 0.2) is 17.1 Å². The van der Waals surface area contributed by atoms with Crippen LogP contribution in [0.5, 0.6) is 11.5 Å². The quantitative estimate of drug-likeness (QED) is 0.907. The fourth-order valence-corrected chi connectivity index (χ4v) is 2.41. The summed E-state index contributed by atoms with van der Waals surface area (Å²) in [4.78, 5) is 16.2. The maximum absolute atomic E-state index is 11.8. The first-order chi connectivity index (χ1) is 9.60. The molecule has 2 rings (SSSR count). The average Bonchev–Trinajstić information content (AvgIpc) is 2.79. The first kappa shape index (κ1) is 14.7. The van der Waals surface area contributed by atoms with E-state index in [-0.39, 0.29) is 11.9 Å². The van der Waals surface area contributed by atoms with Crippen LogP contribution >= 0.6 is 11.6 Å². The molecule has 1 aromatic carbocycles. The number of hydrogen-bond acceptors (Lipinski definition) is 4. The van der Waals surface area contributed by atoms with E-state index < -0.39 is 0 Å². The zero-order valence-corrected chi connectivity index (χ0v) is 12.5. The monoisotopic (exact) mass is 296 g/mol. The highest BCUT2D eigenvalue weighted by atomic mass is 35.5. The van der Waals surface area contributed by atoms with E-state index in [1.807, 2.05) is 6.92 Å². The van der Waals surface area contributed by atoms with Gasteiger partial charge in [-0.2, -0.15) is 0 Å². The lowest BCUT2D eigenvalue weighted by Crippen LogP contribution is -2.29. The Kier molecular flexibility index (Phi) is 4.49. The molecule has 1 unspecified atom stereocenters. The minimum absolute atomic E-state index is 0.0762. The van der Waals surface area contributed by atoms with E-state index in [0.29, 0.717) is 27.9 Å². The van der Waals surface area contributed by atoms with Gasteiger partial charge in [0.05, 0.1) is 19.2 Å². The Morgan fingerprint density at radius 2 is 2.10 bits per heavy atom. The lowest BCUT2D eigenvalue weighted by Gasteiger charge is -2.11. The molecule has 0 radical (unpaired) electrons. The topological polar surface area (TPSA) is 59.9 Å². The zero-order valence-electron chi connectivity index (χ0n) is 11.7. The van der Waals surface area contributed by atoms with Crippen molar-refractivity contribution >= 4 is 23.3 Å². The summed E-state index contributed by atoms with van der Waals surface area (Å²) >= 11 is 6.15. The first-order valence-corrected chi connectivity index (χ1v) is 6.79. The van der Waals surface area contributed by atoms with Gasteiger partial charge in [0.25, 0.3) is 0 Å². The number of aliphatic imine (C=N–C) groups is 1. The van der Waals surface area contributed by atoms with Gasteiger partial charge in [-0.25, -0.2) is 0 Å².